The summed E-state index contributed by atoms with van der Waals surface area (Å²) in [6.07, 6.45) is 11.3. The number of aromatic nitrogens is 1. The molecule has 2 heteroatoms. The first kappa shape index (κ1) is 24.4. The second-order valence-electron chi connectivity index (χ2n) is 9.83. The Hall–Kier alpha value is -2.74. The van der Waals surface area contributed by atoms with Crippen molar-refractivity contribution in [1.82, 2.24) is 4.57 Å². The summed E-state index contributed by atoms with van der Waals surface area (Å²) in [5, 5.41) is 14.0. The van der Waals surface area contributed by atoms with E-state index < -0.39 is 0 Å². The molecule has 1 N–H and O–H groups in total. The molecular formula is C32H41NO. The van der Waals surface area contributed by atoms with Gasteiger partial charge in [0.2, 0.25) is 0 Å². The van der Waals surface area contributed by atoms with Crippen LogP contribution in [-0.4, -0.2) is 9.67 Å². The molecule has 2 nitrogen and oxygen atoms in total. The number of aryl methyl sites for hydroxylation is 4. The van der Waals surface area contributed by atoms with Crippen LogP contribution in [0.2, 0.25) is 0 Å². The largest absolute Gasteiger partial charge is 0.505 e. The molecule has 0 aliphatic carbocycles. The van der Waals surface area contributed by atoms with E-state index in [0.717, 1.165) is 36.9 Å². The summed E-state index contributed by atoms with van der Waals surface area (Å²) >= 11 is 0. The van der Waals surface area contributed by atoms with E-state index in [1.165, 1.54) is 77.0 Å². The van der Waals surface area contributed by atoms with Gasteiger partial charge in [0.25, 0.3) is 0 Å². The van der Waals surface area contributed by atoms with Crippen molar-refractivity contribution < 1.29 is 5.11 Å². The van der Waals surface area contributed by atoms with Crippen LogP contribution in [0.5, 0.6) is 5.75 Å². The standard InChI is InChI=1S/C32H41NO/c1-5-9-12-23-15-17-29-27(20-23)28-21-24(13-10-6-2)16-18-30(28)33(29)31-22-25(14-11-7-3)19-26(8-4)32(31)34/h15-22,34H,5-14H2,1-4H3. The van der Waals surface area contributed by atoms with Gasteiger partial charge >= 0.3 is 0 Å². The molecule has 4 aromatic rings. The maximum atomic E-state index is 11.4. The van der Waals surface area contributed by atoms with Gasteiger partial charge in [0, 0.05) is 10.8 Å². The molecule has 0 radical (unpaired) electrons. The normalized spacial score (nSPS) is 11.6. The molecule has 4 rings (SSSR count). The van der Waals surface area contributed by atoms with Crippen molar-refractivity contribution in [2.45, 2.75) is 91.9 Å². The first-order valence-electron chi connectivity index (χ1n) is 13.5. The minimum Gasteiger partial charge on any atom is -0.505 e. The number of phenols is 1. The van der Waals surface area contributed by atoms with Gasteiger partial charge in [-0.25, -0.2) is 0 Å². The third kappa shape index (κ3) is 4.87. The van der Waals surface area contributed by atoms with Gasteiger partial charge in [-0.2, -0.15) is 0 Å². The van der Waals surface area contributed by atoms with Crippen LogP contribution < -0.4 is 0 Å². The second-order valence-corrected chi connectivity index (χ2v) is 9.83. The predicted octanol–water partition coefficient (Wildman–Crippen LogP) is 9.08. The highest BCUT2D eigenvalue weighted by Gasteiger charge is 2.18. The summed E-state index contributed by atoms with van der Waals surface area (Å²) in [7, 11) is 0. The molecule has 0 bridgehead atoms. The fourth-order valence-electron chi connectivity index (χ4n) is 5.16. The Morgan fingerprint density at radius 3 is 1.59 bits per heavy atom. The van der Waals surface area contributed by atoms with Crippen molar-refractivity contribution in [1.29, 1.82) is 0 Å². The third-order valence-electron chi connectivity index (χ3n) is 7.20. The van der Waals surface area contributed by atoms with Crippen molar-refractivity contribution in [3.8, 4) is 11.4 Å². The number of aromatic hydroxyl groups is 1. The van der Waals surface area contributed by atoms with Gasteiger partial charge in [-0.1, -0.05) is 65.2 Å². The van der Waals surface area contributed by atoms with Crippen molar-refractivity contribution in [3.63, 3.8) is 0 Å². The molecule has 3 aromatic carbocycles. The summed E-state index contributed by atoms with van der Waals surface area (Å²) in [5.41, 5.74) is 8.47. The average molecular weight is 456 g/mol. The van der Waals surface area contributed by atoms with Crippen LogP contribution in [0.1, 0.15) is 88.5 Å². The average Bonchev–Trinajstić information content (AvgIpc) is 3.18. The lowest BCUT2D eigenvalue weighted by atomic mass is 10.0. The van der Waals surface area contributed by atoms with Crippen molar-refractivity contribution in [2.24, 2.45) is 0 Å². The Bertz CT molecular complexity index is 1200. The van der Waals surface area contributed by atoms with Crippen LogP contribution in [0.25, 0.3) is 27.5 Å². The van der Waals surface area contributed by atoms with E-state index in [9.17, 15) is 5.11 Å². The number of nitrogens with zero attached hydrogens (tertiary/aromatic N) is 1. The van der Waals surface area contributed by atoms with Gasteiger partial charge in [0.15, 0.2) is 0 Å². The lowest BCUT2D eigenvalue weighted by Gasteiger charge is -2.16. The summed E-state index contributed by atoms with van der Waals surface area (Å²) in [4.78, 5) is 0. The fraction of sp³-hybridized carbons (Fsp3) is 0.438. The predicted molar refractivity (Wildman–Crippen MR) is 148 cm³/mol. The summed E-state index contributed by atoms with van der Waals surface area (Å²) in [5.74, 6) is 0.423. The first-order chi connectivity index (χ1) is 16.6. The van der Waals surface area contributed by atoms with E-state index >= 15 is 0 Å². The lowest BCUT2D eigenvalue weighted by molar-refractivity contribution is 0.466. The van der Waals surface area contributed by atoms with Crippen LogP contribution in [0, 0.1) is 0 Å². The van der Waals surface area contributed by atoms with Crippen LogP contribution in [-0.2, 0) is 25.7 Å². The number of hydrogen-bond donors (Lipinski definition) is 1. The molecule has 1 heterocycles. The monoisotopic (exact) mass is 455 g/mol. The highest BCUT2D eigenvalue weighted by atomic mass is 16.3. The third-order valence-corrected chi connectivity index (χ3v) is 7.20. The van der Waals surface area contributed by atoms with Gasteiger partial charge in [-0.15, -0.1) is 0 Å². The molecular weight excluding hydrogens is 414 g/mol. The van der Waals surface area contributed by atoms with Crippen molar-refractivity contribution >= 4 is 21.8 Å². The number of phenolic OH excluding ortho intramolecular Hbond substituents is 1. The Morgan fingerprint density at radius 2 is 1.12 bits per heavy atom. The van der Waals surface area contributed by atoms with Crippen LogP contribution in [0.15, 0.2) is 48.5 Å². The fourth-order valence-corrected chi connectivity index (χ4v) is 5.16. The first-order valence-corrected chi connectivity index (χ1v) is 13.5. The highest BCUT2D eigenvalue weighted by Crippen LogP contribution is 2.38. The number of rotatable bonds is 11. The van der Waals surface area contributed by atoms with Crippen LogP contribution >= 0.6 is 0 Å². The van der Waals surface area contributed by atoms with Gasteiger partial charge in [-0.05, 0) is 97.5 Å². The minimum atomic E-state index is 0.423. The Balaban J connectivity index is 1.98. The van der Waals surface area contributed by atoms with E-state index in [1.54, 1.807) is 0 Å². The van der Waals surface area contributed by atoms with E-state index in [0.29, 0.717) is 5.75 Å². The summed E-state index contributed by atoms with van der Waals surface area (Å²) in [6.45, 7) is 8.88. The lowest BCUT2D eigenvalue weighted by Crippen LogP contribution is -2.00. The van der Waals surface area contributed by atoms with Crippen LogP contribution in [0.4, 0.5) is 0 Å². The number of fused-ring (bicyclic) bond motifs is 3. The minimum absolute atomic E-state index is 0.423. The van der Waals surface area contributed by atoms with Crippen molar-refractivity contribution in [3.05, 3.63) is 70.8 Å². The molecule has 0 amide bonds. The number of hydrogen-bond acceptors (Lipinski definition) is 1. The maximum absolute atomic E-state index is 11.4. The molecule has 180 valence electrons. The number of benzene rings is 3. The van der Waals surface area contributed by atoms with E-state index in [-0.39, 0.29) is 0 Å². The zero-order chi connectivity index (χ0) is 24.1. The molecule has 0 aliphatic heterocycles. The molecule has 0 fully saturated rings. The topological polar surface area (TPSA) is 25.2 Å². The van der Waals surface area contributed by atoms with Gasteiger partial charge < -0.3 is 9.67 Å². The zero-order valence-electron chi connectivity index (χ0n) is 21.6. The van der Waals surface area contributed by atoms with Crippen molar-refractivity contribution in [2.75, 3.05) is 0 Å². The van der Waals surface area contributed by atoms with Gasteiger partial charge in [0.1, 0.15) is 5.75 Å². The summed E-state index contributed by atoms with van der Waals surface area (Å²) in [6, 6.07) is 18.3. The Morgan fingerprint density at radius 1 is 0.618 bits per heavy atom. The molecule has 0 unspecified atom stereocenters. The summed E-state index contributed by atoms with van der Waals surface area (Å²) < 4.78 is 2.31. The number of unbranched alkanes of at least 4 members (excludes halogenated alkanes) is 3. The maximum Gasteiger partial charge on any atom is 0.142 e. The molecule has 0 atom stereocenters. The van der Waals surface area contributed by atoms with E-state index in [4.69, 9.17) is 0 Å². The Labute approximate surface area is 205 Å². The SMILES string of the molecule is CCCCc1cc(CC)c(O)c(-n2c3ccc(CCCC)cc3c3cc(CCCC)ccc32)c1. The second kappa shape index (κ2) is 11.1. The molecule has 0 aliphatic rings. The molecule has 0 saturated carbocycles. The van der Waals surface area contributed by atoms with Gasteiger partial charge in [-0.3, -0.25) is 0 Å². The van der Waals surface area contributed by atoms with Gasteiger partial charge in [0.05, 0.1) is 16.7 Å². The quantitative estimate of drug-likeness (QED) is 0.240. The van der Waals surface area contributed by atoms with Crippen LogP contribution in [0.3, 0.4) is 0 Å². The van der Waals surface area contributed by atoms with E-state index in [1.807, 2.05) is 0 Å². The molecule has 1 aromatic heterocycles. The van der Waals surface area contributed by atoms with E-state index in [2.05, 4.69) is 80.8 Å². The Kier molecular flexibility index (Phi) is 7.98. The molecule has 34 heavy (non-hydrogen) atoms. The molecule has 0 saturated heterocycles. The zero-order valence-corrected chi connectivity index (χ0v) is 21.6. The highest BCUT2D eigenvalue weighted by molar-refractivity contribution is 6.10. The molecule has 0 spiro atoms. The smallest absolute Gasteiger partial charge is 0.142 e.